The first kappa shape index (κ1) is 24.5. The van der Waals surface area contributed by atoms with Gasteiger partial charge >= 0.3 is 6.18 Å². The molecule has 2 atom stereocenters. The highest BCUT2D eigenvalue weighted by atomic mass is 19.4. The van der Waals surface area contributed by atoms with E-state index in [1.807, 2.05) is 6.92 Å². The Hall–Kier alpha value is -4.14. The van der Waals surface area contributed by atoms with Crippen molar-refractivity contribution in [3.8, 4) is 5.75 Å². The smallest absolute Gasteiger partial charge is 0.416 e. The number of ether oxygens (including phenoxy) is 1. The second kappa shape index (κ2) is 9.38. The van der Waals surface area contributed by atoms with Gasteiger partial charge in [-0.05, 0) is 54.4 Å². The number of β-lactam (4-membered cyclic amide) rings is 1. The average molecular weight is 508 g/mol. The first-order valence-corrected chi connectivity index (χ1v) is 11.9. The van der Waals surface area contributed by atoms with Gasteiger partial charge in [-0.3, -0.25) is 19.3 Å². The molecule has 1 saturated heterocycles. The summed E-state index contributed by atoms with van der Waals surface area (Å²) in [7, 11) is 0. The Morgan fingerprint density at radius 3 is 2.05 bits per heavy atom. The fourth-order valence-corrected chi connectivity index (χ4v) is 4.73. The summed E-state index contributed by atoms with van der Waals surface area (Å²) < 4.78 is 45.9. The Bertz CT molecular complexity index is 1340. The molecule has 3 amide bonds. The minimum atomic E-state index is -4.60. The van der Waals surface area contributed by atoms with E-state index < -0.39 is 41.5 Å². The quantitative estimate of drug-likeness (QED) is 0.236. The number of hydrogen-bond donors (Lipinski definition) is 0. The first-order valence-electron chi connectivity index (χ1n) is 11.9. The van der Waals surface area contributed by atoms with E-state index in [9.17, 15) is 27.6 Å². The molecule has 2 heterocycles. The molecule has 37 heavy (non-hydrogen) atoms. The van der Waals surface area contributed by atoms with Crippen LogP contribution in [0.3, 0.4) is 0 Å². The van der Waals surface area contributed by atoms with Gasteiger partial charge in [0.15, 0.2) is 0 Å². The zero-order chi connectivity index (χ0) is 26.3. The molecule has 0 radical (unpaired) electrons. The molecule has 0 N–H and O–H groups in total. The summed E-state index contributed by atoms with van der Waals surface area (Å²) in [5.41, 5.74) is 0.0650. The SMILES string of the molecule is CCCCOc1ccc([C@@H]2[C@@H](N3C(=O)c4ccccc4C3=O)C(=O)N2c2cccc(C(F)(F)F)c2)cc1. The van der Waals surface area contributed by atoms with Crippen LogP contribution in [-0.4, -0.2) is 35.3 Å². The summed E-state index contributed by atoms with van der Waals surface area (Å²) in [5.74, 6) is -1.24. The number of halogens is 3. The number of benzene rings is 3. The van der Waals surface area contributed by atoms with Gasteiger partial charge < -0.3 is 9.64 Å². The summed E-state index contributed by atoms with van der Waals surface area (Å²) >= 11 is 0. The van der Waals surface area contributed by atoms with E-state index in [1.54, 1.807) is 36.4 Å². The lowest BCUT2D eigenvalue weighted by molar-refractivity contribution is -0.137. The topological polar surface area (TPSA) is 66.9 Å². The molecule has 190 valence electrons. The maximum atomic E-state index is 13.5. The number of nitrogens with zero attached hydrogens (tertiary/aromatic N) is 2. The van der Waals surface area contributed by atoms with Crippen LogP contribution in [0.25, 0.3) is 0 Å². The number of amides is 3. The fraction of sp³-hybridized carbons (Fsp3) is 0.250. The van der Waals surface area contributed by atoms with Crippen molar-refractivity contribution in [3.05, 3.63) is 95.1 Å². The van der Waals surface area contributed by atoms with Crippen LogP contribution in [0, 0.1) is 0 Å². The van der Waals surface area contributed by atoms with E-state index in [2.05, 4.69) is 0 Å². The third-order valence-electron chi connectivity index (χ3n) is 6.61. The molecule has 9 heteroatoms. The van der Waals surface area contributed by atoms with Gasteiger partial charge in [-0.25, -0.2) is 0 Å². The van der Waals surface area contributed by atoms with E-state index >= 15 is 0 Å². The molecule has 0 bridgehead atoms. The van der Waals surface area contributed by atoms with Crippen molar-refractivity contribution in [2.24, 2.45) is 0 Å². The molecule has 3 aromatic rings. The van der Waals surface area contributed by atoms with E-state index in [-0.39, 0.29) is 16.8 Å². The number of unbranched alkanes of at least 4 members (excludes halogenated alkanes) is 1. The zero-order valence-electron chi connectivity index (χ0n) is 19.9. The van der Waals surface area contributed by atoms with Gasteiger partial charge in [-0.15, -0.1) is 0 Å². The maximum absolute atomic E-state index is 13.5. The molecule has 0 aromatic heterocycles. The minimum Gasteiger partial charge on any atom is -0.494 e. The standard InChI is InChI=1S/C28H23F3N2O4/c1-2-3-15-37-20-13-11-17(12-14-20)23-24(33-25(34)21-9-4-5-10-22(21)26(33)35)27(36)32(23)19-8-6-7-18(16-19)28(29,30)31/h4-14,16,23-24H,2-3,15H2,1H3/t23-,24-/m1/s1. The lowest BCUT2D eigenvalue weighted by Crippen LogP contribution is -2.67. The molecule has 0 unspecified atom stereocenters. The van der Waals surface area contributed by atoms with Crippen LogP contribution in [0.4, 0.5) is 18.9 Å². The van der Waals surface area contributed by atoms with Crippen molar-refractivity contribution in [2.45, 2.75) is 38.0 Å². The van der Waals surface area contributed by atoms with Crippen molar-refractivity contribution in [1.82, 2.24) is 4.90 Å². The molecule has 5 rings (SSSR count). The monoisotopic (exact) mass is 508 g/mol. The summed E-state index contributed by atoms with van der Waals surface area (Å²) in [4.78, 5) is 41.9. The molecule has 3 aromatic carbocycles. The predicted octanol–water partition coefficient (Wildman–Crippen LogP) is 5.64. The van der Waals surface area contributed by atoms with Gasteiger partial charge in [0.1, 0.15) is 11.8 Å². The summed E-state index contributed by atoms with van der Waals surface area (Å²) in [6, 6.07) is 15.5. The minimum absolute atomic E-state index is 0.0287. The van der Waals surface area contributed by atoms with Crippen LogP contribution in [0.1, 0.15) is 57.7 Å². The first-order chi connectivity index (χ1) is 17.7. The molecule has 1 fully saturated rings. The fourth-order valence-electron chi connectivity index (χ4n) is 4.73. The van der Waals surface area contributed by atoms with Gasteiger partial charge in [0.25, 0.3) is 17.7 Å². The van der Waals surface area contributed by atoms with Gasteiger partial charge in [-0.1, -0.05) is 43.7 Å². The number of alkyl halides is 3. The van der Waals surface area contributed by atoms with Crippen LogP contribution < -0.4 is 9.64 Å². The number of carbonyl (C=O) groups excluding carboxylic acids is 3. The van der Waals surface area contributed by atoms with E-state index in [1.165, 1.54) is 29.2 Å². The van der Waals surface area contributed by atoms with Crippen molar-refractivity contribution >= 4 is 23.4 Å². The second-order valence-electron chi connectivity index (χ2n) is 8.94. The molecule has 2 aliphatic heterocycles. The zero-order valence-corrected chi connectivity index (χ0v) is 19.9. The molecule has 6 nitrogen and oxygen atoms in total. The lowest BCUT2D eigenvalue weighted by Gasteiger charge is -2.49. The highest BCUT2D eigenvalue weighted by Gasteiger charge is 2.57. The lowest BCUT2D eigenvalue weighted by atomic mass is 9.86. The summed E-state index contributed by atoms with van der Waals surface area (Å²) in [5, 5.41) is 0. The highest BCUT2D eigenvalue weighted by Crippen LogP contribution is 2.45. The van der Waals surface area contributed by atoms with Crippen LogP contribution in [0.2, 0.25) is 0 Å². The van der Waals surface area contributed by atoms with Crippen molar-refractivity contribution < 1.29 is 32.3 Å². The highest BCUT2D eigenvalue weighted by molar-refractivity contribution is 6.24. The Kier molecular flexibility index (Phi) is 6.23. The number of anilines is 1. The predicted molar refractivity (Wildman–Crippen MR) is 129 cm³/mol. The van der Waals surface area contributed by atoms with Gasteiger partial charge in [-0.2, -0.15) is 13.2 Å². The van der Waals surface area contributed by atoms with Crippen LogP contribution in [-0.2, 0) is 11.0 Å². The van der Waals surface area contributed by atoms with E-state index in [0.717, 1.165) is 29.9 Å². The third-order valence-corrected chi connectivity index (χ3v) is 6.61. The number of carbonyl (C=O) groups is 3. The Labute approximate surface area is 211 Å². The Morgan fingerprint density at radius 2 is 1.46 bits per heavy atom. The van der Waals surface area contributed by atoms with Crippen LogP contribution in [0.5, 0.6) is 5.75 Å². The van der Waals surface area contributed by atoms with Crippen LogP contribution >= 0.6 is 0 Å². The van der Waals surface area contributed by atoms with E-state index in [4.69, 9.17) is 4.74 Å². The van der Waals surface area contributed by atoms with Crippen molar-refractivity contribution in [1.29, 1.82) is 0 Å². The molecule has 0 spiro atoms. The molecular formula is C28H23F3N2O4. The second-order valence-corrected chi connectivity index (χ2v) is 8.94. The third kappa shape index (κ3) is 4.24. The molecule has 0 saturated carbocycles. The number of rotatable bonds is 7. The van der Waals surface area contributed by atoms with Crippen LogP contribution in [0.15, 0.2) is 72.8 Å². The normalized spacial score (nSPS) is 19.2. The number of imide groups is 1. The maximum Gasteiger partial charge on any atom is 0.416 e. The Morgan fingerprint density at radius 1 is 0.811 bits per heavy atom. The average Bonchev–Trinajstić information content (AvgIpc) is 3.13. The summed E-state index contributed by atoms with van der Waals surface area (Å²) in [6.45, 7) is 2.58. The van der Waals surface area contributed by atoms with Gasteiger partial charge in [0.2, 0.25) is 0 Å². The van der Waals surface area contributed by atoms with Crippen molar-refractivity contribution in [3.63, 3.8) is 0 Å². The molecule has 0 aliphatic carbocycles. The van der Waals surface area contributed by atoms with E-state index in [0.29, 0.717) is 17.9 Å². The summed E-state index contributed by atoms with van der Waals surface area (Å²) in [6.07, 6.45) is -2.75. The molecule has 2 aliphatic rings. The molecular weight excluding hydrogens is 485 g/mol. The van der Waals surface area contributed by atoms with Gasteiger partial charge in [0.05, 0.1) is 29.3 Å². The largest absolute Gasteiger partial charge is 0.494 e. The number of hydrogen-bond acceptors (Lipinski definition) is 4. The van der Waals surface area contributed by atoms with Gasteiger partial charge in [0, 0.05) is 5.69 Å². The van der Waals surface area contributed by atoms with Crippen molar-refractivity contribution in [2.75, 3.05) is 11.5 Å². The number of fused-ring (bicyclic) bond motifs is 1. The Balaban J connectivity index is 1.53.